The molecule has 4 heteroatoms. The molecule has 0 amide bonds. The molecule has 0 aliphatic heterocycles. The SMILES string of the molecule is CCCCc1c(O)cc(Br)cc1C(=O)OC. The van der Waals surface area contributed by atoms with Gasteiger partial charge >= 0.3 is 5.97 Å². The number of esters is 1. The third kappa shape index (κ3) is 2.98. The summed E-state index contributed by atoms with van der Waals surface area (Å²) < 4.78 is 5.37. The van der Waals surface area contributed by atoms with Crippen molar-refractivity contribution in [2.75, 3.05) is 7.11 Å². The van der Waals surface area contributed by atoms with Crippen LogP contribution < -0.4 is 0 Å². The third-order valence-corrected chi connectivity index (χ3v) is 2.83. The van der Waals surface area contributed by atoms with Gasteiger partial charge in [-0.1, -0.05) is 29.3 Å². The van der Waals surface area contributed by atoms with Crippen LogP contribution in [0, 0.1) is 0 Å². The van der Waals surface area contributed by atoms with Gasteiger partial charge in [0.25, 0.3) is 0 Å². The van der Waals surface area contributed by atoms with Gasteiger partial charge in [0.15, 0.2) is 0 Å². The first-order valence-corrected chi connectivity index (χ1v) is 5.99. The summed E-state index contributed by atoms with van der Waals surface area (Å²) >= 11 is 3.25. The average molecular weight is 287 g/mol. The van der Waals surface area contributed by atoms with Crippen molar-refractivity contribution in [3.63, 3.8) is 0 Å². The van der Waals surface area contributed by atoms with E-state index in [-0.39, 0.29) is 5.75 Å². The van der Waals surface area contributed by atoms with E-state index >= 15 is 0 Å². The molecule has 1 aromatic rings. The zero-order chi connectivity index (χ0) is 12.1. The van der Waals surface area contributed by atoms with Gasteiger partial charge in [0.2, 0.25) is 0 Å². The number of phenols is 1. The van der Waals surface area contributed by atoms with E-state index in [1.807, 2.05) is 0 Å². The van der Waals surface area contributed by atoms with E-state index in [9.17, 15) is 9.90 Å². The summed E-state index contributed by atoms with van der Waals surface area (Å²) in [7, 11) is 1.34. The van der Waals surface area contributed by atoms with Gasteiger partial charge in [0.1, 0.15) is 5.75 Å². The molecule has 0 spiro atoms. The van der Waals surface area contributed by atoms with Gasteiger partial charge < -0.3 is 9.84 Å². The van der Waals surface area contributed by atoms with Crippen molar-refractivity contribution < 1.29 is 14.6 Å². The number of hydrogen-bond acceptors (Lipinski definition) is 3. The Labute approximate surface area is 104 Å². The summed E-state index contributed by atoms with van der Waals surface area (Å²) in [5.41, 5.74) is 1.10. The van der Waals surface area contributed by atoms with E-state index in [2.05, 4.69) is 22.9 Å². The highest BCUT2D eigenvalue weighted by Crippen LogP contribution is 2.28. The lowest BCUT2D eigenvalue weighted by Crippen LogP contribution is -2.06. The first-order chi connectivity index (χ1) is 7.60. The van der Waals surface area contributed by atoms with E-state index in [0.717, 1.165) is 12.8 Å². The molecule has 0 heterocycles. The number of benzene rings is 1. The maximum atomic E-state index is 11.5. The summed E-state index contributed by atoms with van der Waals surface area (Å²) in [6.45, 7) is 2.06. The Morgan fingerprint density at radius 3 is 2.75 bits per heavy atom. The van der Waals surface area contributed by atoms with Gasteiger partial charge in [-0.05, 0) is 25.0 Å². The minimum absolute atomic E-state index is 0.142. The van der Waals surface area contributed by atoms with E-state index in [1.165, 1.54) is 7.11 Å². The maximum absolute atomic E-state index is 11.5. The van der Waals surface area contributed by atoms with E-state index < -0.39 is 5.97 Å². The Hall–Kier alpha value is -1.03. The van der Waals surface area contributed by atoms with Crippen LogP contribution in [-0.2, 0) is 11.2 Å². The lowest BCUT2D eigenvalue weighted by atomic mass is 10.0. The van der Waals surface area contributed by atoms with Crippen molar-refractivity contribution in [3.8, 4) is 5.75 Å². The molecule has 88 valence electrons. The number of rotatable bonds is 4. The number of ether oxygens (including phenoxy) is 1. The standard InChI is InChI=1S/C12H15BrO3/c1-3-4-5-9-10(12(15)16-2)6-8(13)7-11(9)14/h6-7,14H,3-5H2,1-2H3. The van der Waals surface area contributed by atoms with Crippen LogP contribution in [0.25, 0.3) is 0 Å². The summed E-state index contributed by atoms with van der Waals surface area (Å²) in [6.07, 6.45) is 2.62. The van der Waals surface area contributed by atoms with Crippen molar-refractivity contribution in [1.29, 1.82) is 0 Å². The number of unbranched alkanes of at least 4 members (excludes halogenated alkanes) is 1. The highest BCUT2D eigenvalue weighted by Gasteiger charge is 2.16. The van der Waals surface area contributed by atoms with Crippen LogP contribution in [0.5, 0.6) is 5.75 Å². The zero-order valence-corrected chi connectivity index (χ0v) is 11.0. The minimum Gasteiger partial charge on any atom is -0.508 e. The second kappa shape index (κ2) is 5.89. The van der Waals surface area contributed by atoms with Crippen LogP contribution in [-0.4, -0.2) is 18.2 Å². The first kappa shape index (κ1) is 13.0. The van der Waals surface area contributed by atoms with Crippen molar-refractivity contribution in [3.05, 3.63) is 27.7 Å². The fourth-order valence-corrected chi connectivity index (χ4v) is 1.98. The summed E-state index contributed by atoms with van der Waals surface area (Å²) in [6, 6.07) is 3.27. The molecule has 1 rings (SSSR count). The van der Waals surface area contributed by atoms with Crippen LogP contribution in [0.2, 0.25) is 0 Å². The van der Waals surface area contributed by atoms with Gasteiger partial charge in [-0.2, -0.15) is 0 Å². The van der Waals surface area contributed by atoms with Gasteiger partial charge in [-0.3, -0.25) is 0 Å². The second-order valence-electron chi connectivity index (χ2n) is 3.55. The molecule has 0 aliphatic rings. The molecule has 0 fully saturated rings. The van der Waals surface area contributed by atoms with Crippen molar-refractivity contribution in [1.82, 2.24) is 0 Å². The highest BCUT2D eigenvalue weighted by molar-refractivity contribution is 9.10. The number of hydrogen-bond donors (Lipinski definition) is 1. The Morgan fingerprint density at radius 1 is 1.50 bits per heavy atom. The monoisotopic (exact) mass is 286 g/mol. The molecular weight excluding hydrogens is 272 g/mol. The molecule has 1 aromatic carbocycles. The molecule has 0 aromatic heterocycles. The number of carbonyl (C=O) groups excluding carboxylic acids is 1. The fraction of sp³-hybridized carbons (Fsp3) is 0.417. The molecule has 0 aliphatic carbocycles. The predicted octanol–water partition coefficient (Wildman–Crippen LogP) is 3.28. The van der Waals surface area contributed by atoms with E-state index in [0.29, 0.717) is 22.0 Å². The molecule has 0 radical (unpaired) electrons. The normalized spacial score (nSPS) is 10.2. The van der Waals surface area contributed by atoms with Gasteiger partial charge in [-0.15, -0.1) is 0 Å². The van der Waals surface area contributed by atoms with Crippen LogP contribution in [0.1, 0.15) is 35.7 Å². The number of carbonyl (C=O) groups is 1. The topological polar surface area (TPSA) is 46.5 Å². The minimum atomic E-state index is -0.414. The quantitative estimate of drug-likeness (QED) is 0.864. The Kier molecular flexibility index (Phi) is 4.80. The molecule has 1 N–H and O–H groups in total. The summed E-state index contributed by atoms with van der Waals surface area (Å²) in [4.78, 5) is 11.5. The van der Waals surface area contributed by atoms with Crippen molar-refractivity contribution in [2.24, 2.45) is 0 Å². The number of methoxy groups -OCH3 is 1. The second-order valence-corrected chi connectivity index (χ2v) is 4.46. The smallest absolute Gasteiger partial charge is 0.338 e. The Bertz CT molecular complexity index is 388. The van der Waals surface area contributed by atoms with Crippen LogP contribution >= 0.6 is 15.9 Å². The van der Waals surface area contributed by atoms with Gasteiger partial charge in [0, 0.05) is 10.0 Å². The largest absolute Gasteiger partial charge is 0.508 e. The lowest BCUT2D eigenvalue weighted by Gasteiger charge is -2.10. The highest BCUT2D eigenvalue weighted by atomic mass is 79.9. The molecule has 0 bridgehead atoms. The number of aromatic hydroxyl groups is 1. The third-order valence-electron chi connectivity index (χ3n) is 2.38. The van der Waals surface area contributed by atoms with Crippen molar-refractivity contribution in [2.45, 2.75) is 26.2 Å². The molecule has 0 unspecified atom stereocenters. The molecule has 0 saturated carbocycles. The van der Waals surface area contributed by atoms with Crippen molar-refractivity contribution >= 4 is 21.9 Å². The first-order valence-electron chi connectivity index (χ1n) is 5.19. The van der Waals surface area contributed by atoms with E-state index in [4.69, 9.17) is 4.74 Å². The summed E-state index contributed by atoms with van der Waals surface area (Å²) in [5, 5.41) is 9.81. The van der Waals surface area contributed by atoms with Gasteiger partial charge in [-0.25, -0.2) is 4.79 Å². The van der Waals surface area contributed by atoms with E-state index in [1.54, 1.807) is 12.1 Å². The van der Waals surface area contributed by atoms with Crippen LogP contribution in [0.3, 0.4) is 0 Å². The number of phenolic OH excluding ortho intramolecular Hbond substituents is 1. The summed E-state index contributed by atoms with van der Waals surface area (Å²) in [5.74, 6) is -0.272. The lowest BCUT2D eigenvalue weighted by molar-refractivity contribution is 0.0599. The Balaban J connectivity index is 3.15. The molecular formula is C12H15BrO3. The molecule has 3 nitrogen and oxygen atoms in total. The predicted molar refractivity (Wildman–Crippen MR) is 65.8 cm³/mol. The van der Waals surface area contributed by atoms with Gasteiger partial charge in [0.05, 0.1) is 12.7 Å². The number of halogens is 1. The molecule has 0 atom stereocenters. The van der Waals surface area contributed by atoms with Crippen LogP contribution in [0.15, 0.2) is 16.6 Å². The fourth-order valence-electron chi connectivity index (χ4n) is 1.53. The maximum Gasteiger partial charge on any atom is 0.338 e. The van der Waals surface area contributed by atoms with Crippen LogP contribution in [0.4, 0.5) is 0 Å². The zero-order valence-electron chi connectivity index (χ0n) is 9.42. The Morgan fingerprint density at radius 2 is 2.19 bits per heavy atom. The molecule has 16 heavy (non-hydrogen) atoms. The molecule has 0 saturated heterocycles. The average Bonchev–Trinajstić information content (AvgIpc) is 2.26.